The highest BCUT2D eigenvalue weighted by Gasteiger charge is 1.93. The fourth-order valence-electron chi connectivity index (χ4n) is 0.597. The van der Waals surface area contributed by atoms with Crippen LogP contribution in [0.1, 0.15) is 40.0 Å². The van der Waals surface area contributed by atoms with Gasteiger partial charge < -0.3 is 25.8 Å². The Balaban J connectivity index is -0.000000231. The first kappa shape index (κ1) is 25.9. The molecule has 8 N–H and O–H groups in total. The van der Waals surface area contributed by atoms with Gasteiger partial charge in [-0.25, -0.2) is 0 Å². The Morgan fingerprint density at radius 3 is 1.43 bits per heavy atom. The van der Waals surface area contributed by atoms with Gasteiger partial charge in [0.2, 0.25) is 0 Å². The number of hydrogen-bond donors (Lipinski definition) is 6. The van der Waals surface area contributed by atoms with Crippen LogP contribution < -0.4 is 11.5 Å². The van der Waals surface area contributed by atoms with Gasteiger partial charge in [0.1, 0.15) is 0 Å². The van der Waals surface area contributed by atoms with Crippen molar-refractivity contribution in [1.29, 1.82) is 10.8 Å². The maximum Gasteiger partial charge on any atom is 0.327 e. The van der Waals surface area contributed by atoms with Crippen molar-refractivity contribution in [1.82, 2.24) is 0 Å². The number of amidine groups is 2. The molecule has 0 spiro atoms. The highest BCUT2D eigenvalue weighted by Crippen LogP contribution is 2.23. The van der Waals surface area contributed by atoms with Crippen molar-refractivity contribution >= 4 is 42.5 Å². The third-order valence-electron chi connectivity index (χ3n) is 1.33. The van der Waals surface area contributed by atoms with E-state index in [4.69, 9.17) is 32.1 Å². The van der Waals surface area contributed by atoms with Gasteiger partial charge in [-0.05, 0) is 19.3 Å². The molecule has 0 fully saturated rings. The standard InChI is InChI=1S/2C4H10N2S.C3H9O3P/c2*1-2-3-7-4(5)6;1-2-3-6-7(4)5/h2*2-3H2,1H3,(H3,5,6);4-5H,2-3H2,1H3. The monoisotopic (exact) mass is 360 g/mol. The van der Waals surface area contributed by atoms with Gasteiger partial charge >= 0.3 is 8.60 Å². The molecule has 0 radical (unpaired) electrons. The Kier molecular flexibility index (Phi) is 27.4. The van der Waals surface area contributed by atoms with E-state index in [1.165, 1.54) is 23.5 Å². The Hall–Kier alpha value is -0.0500. The van der Waals surface area contributed by atoms with Crippen molar-refractivity contribution < 1.29 is 14.3 Å². The van der Waals surface area contributed by atoms with E-state index in [0.717, 1.165) is 30.8 Å². The molecule has 0 rings (SSSR count). The van der Waals surface area contributed by atoms with Gasteiger partial charge in [-0.2, -0.15) is 0 Å². The second kappa shape index (κ2) is 22.2. The number of hydrogen-bond acceptors (Lipinski definition) is 7. The average molecular weight is 360 g/mol. The van der Waals surface area contributed by atoms with Crippen LogP contribution in [0.5, 0.6) is 0 Å². The molecular weight excluding hydrogens is 331 g/mol. The first-order chi connectivity index (χ1) is 9.81. The largest absolute Gasteiger partial charge is 0.379 e. The lowest BCUT2D eigenvalue weighted by atomic mass is 10.5. The molecular formula is C11H29N4O3PS2. The van der Waals surface area contributed by atoms with Crippen LogP contribution in [0.15, 0.2) is 0 Å². The van der Waals surface area contributed by atoms with Crippen LogP contribution in [-0.4, -0.2) is 38.2 Å². The summed E-state index contributed by atoms with van der Waals surface area (Å²) in [5, 5.41) is 13.9. The van der Waals surface area contributed by atoms with E-state index in [1.54, 1.807) is 0 Å². The van der Waals surface area contributed by atoms with Crippen molar-refractivity contribution in [2.75, 3.05) is 18.1 Å². The summed E-state index contributed by atoms with van der Waals surface area (Å²) in [7, 11) is -2.11. The number of nitrogens with one attached hydrogen (secondary N) is 2. The van der Waals surface area contributed by atoms with E-state index in [2.05, 4.69) is 18.4 Å². The molecule has 7 nitrogen and oxygen atoms in total. The van der Waals surface area contributed by atoms with E-state index in [0.29, 0.717) is 6.61 Å². The summed E-state index contributed by atoms with van der Waals surface area (Å²) in [5.41, 5.74) is 10.0. The Morgan fingerprint density at radius 2 is 1.33 bits per heavy atom. The smallest absolute Gasteiger partial charge is 0.327 e. The minimum absolute atomic E-state index is 0.224. The molecule has 0 aromatic rings. The summed E-state index contributed by atoms with van der Waals surface area (Å²) in [4.78, 5) is 16.2. The van der Waals surface area contributed by atoms with Gasteiger partial charge in [0.25, 0.3) is 0 Å². The molecule has 21 heavy (non-hydrogen) atoms. The third-order valence-corrected chi connectivity index (χ3v) is 3.59. The SMILES string of the molecule is CCCOP(O)O.CCCSC(=N)N.CCCSC(=N)N. The van der Waals surface area contributed by atoms with Crippen LogP contribution in [-0.2, 0) is 4.52 Å². The highest BCUT2D eigenvalue weighted by molar-refractivity contribution is 8.13. The van der Waals surface area contributed by atoms with E-state index >= 15 is 0 Å². The van der Waals surface area contributed by atoms with Gasteiger partial charge in [0, 0.05) is 11.5 Å². The van der Waals surface area contributed by atoms with Crippen molar-refractivity contribution in [3.05, 3.63) is 0 Å². The van der Waals surface area contributed by atoms with E-state index in [1.807, 2.05) is 6.92 Å². The van der Waals surface area contributed by atoms with E-state index in [9.17, 15) is 0 Å². The van der Waals surface area contributed by atoms with Crippen molar-refractivity contribution in [3.8, 4) is 0 Å². The molecule has 0 aromatic carbocycles. The minimum atomic E-state index is -2.11. The van der Waals surface area contributed by atoms with Crippen LogP contribution in [0, 0.1) is 10.8 Å². The zero-order valence-corrected chi connectivity index (χ0v) is 15.5. The Bertz CT molecular complexity index is 232. The maximum absolute atomic E-state index is 8.08. The Labute approximate surface area is 137 Å². The predicted molar refractivity (Wildman–Crippen MR) is 96.9 cm³/mol. The molecule has 0 saturated heterocycles. The molecule has 0 heterocycles. The topological polar surface area (TPSA) is 149 Å². The van der Waals surface area contributed by atoms with Crippen molar-refractivity contribution in [3.63, 3.8) is 0 Å². The molecule has 0 saturated carbocycles. The quantitative estimate of drug-likeness (QED) is 0.232. The zero-order valence-electron chi connectivity index (χ0n) is 13.0. The fourth-order valence-corrected chi connectivity index (χ4v) is 1.79. The van der Waals surface area contributed by atoms with Gasteiger partial charge in [0.15, 0.2) is 10.3 Å². The number of nitrogens with two attached hydrogens (primary N) is 2. The molecule has 0 unspecified atom stereocenters. The fraction of sp³-hybridized carbons (Fsp3) is 0.818. The summed E-state index contributed by atoms with van der Waals surface area (Å²) in [5.74, 6) is 1.94. The minimum Gasteiger partial charge on any atom is -0.379 e. The lowest BCUT2D eigenvalue weighted by Crippen LogP contribution is -2.03. The molecule has 0 aliphatic rings. The van der Waals surface area contributed by atoms with Gasteiger partial charge in [-0.3, -0.25) is 10.8 Å². The summed E-state index contributed by atoms with van der Waals surface area (Å²) in [6, 6.07) is 0. The summed E-state index contributed by atoms with van der Waals surface area (Å²) >= 11 is 2.78. The van der Waals surface area contributed by atoms with Gasteiger partial charge in [-0.1, -0.05) is 44.3 Å². The summed E-state index contributed by atoms with van der Waals surface area (Å²) in [6.07, 6.45) is 2.99. The summed E-state index contributed by atoms with van der Waals surface area (Å²) < 4.78 is 4.37. The first-order valence-electron chi connectivity index (χ1n) is 6.56. The second-order valence-corrected chi connectivity index (χ2v) is 6.55. The van der Waals surface area contributed by atoms with E-state index < -0.39 is 8.60 Å². The molecule has 0 aromatic heterocycles. The van der Waals surface area contributed by atoms with Crippen LogP contribution in [0.25, 0.3) is 0 Å². The predicted octanol–water partition coefficient (Wildman–Crippen LogP) is 2.67. The molecule has 0 aliphatic carbocycles. The molecule has 0 atom stereocenters. The molecule has 0 bridgehead atoms. The van der Waals surface area contributed by atoms with E-state index in [-0.39, 0.29) is 10.3 Å². The molecule has 0 aliphatic heterocycles. The van der Waals surface area contributed by atoms with Crippen LogP contribution >= 0.6 is 32.1 Å². The number of rotatable bonds is 7. The van der Waals surface area contributed by atoms with Crippen LogP contribution in [0.4, 0.5) is 0 Å². The average Bonchev–Trinajstić information content (AvgIpc) is 2.41. The summed E-state index contributed by atoms with van der Waals surface area (Å²) in [6.45, 7) is 6.46. The highest BCUT2D eigenvalue weighted by atomic mass is 32.2. The Morgan fingerprint density at radius 1 is 0.952 bits per heavy atom. The zero-order chi connectivity index (χ0) is 17.1. The van der Waals surface area contributed by atoms with Crippen molar-refractivity contribution in [2.24, 2.45) is 11.5 Å². The maximum atomic E-state index is 8.08. The second-order valence-electron chi connectivity index (χ2n) is 3.51. The molecule has 128 valence electrons. The third kappa shape index (κ3) is 45.0. The lowest BCUT2D eigenvalue weighted by molar-refractivity contribution is 0.255. The number of thioether (sulfide) groups is 2. The van der Waals surface area contributed by atoms with Crippen LogP contribution in [0.2, 0.25) is 0 Å². The molecule has 10 heteroatoms. The van der Waals surface area contributed by atoms with Crippen molar-refractivity contribution in [2.45, 2.75) is 40.0 Å². The molecule has 0 amide bonds. The first-order valence-corrected chi connectivity index (χ1v) is 9.69. The van der Waals surface area contributed by atoms with Gasteiger partial charge in [-0.15, -0.1) is 0 Å². The lowest BCUT2D eigenvalue weighted by Gasteiger charge is -1.98. The van der Waals surface area contributed by atoms with Crippen LogP contribution in [0.3, 0.4) is 0 Å². The normalized spacial score (nSPS) is 9.24. The van der Waals surface area contributed by atoms with Gasteiger partial charge in [0.05, 0.1) is 6.61 Å².